The Bertz CT molecular complexity index is 2340. The monoisotopic (exact) mass is 1580 g/mol. The van der Waals surface area contributed by atoms with E-state index in [1.165, 1.54) is 0 Å². The molecule has 8 heterocycles. The predicted molar refractivity (Wildman–Crippen MR) is 416 cm³/mol. The summed E-state index contributed by atoms with van der Waals surface area (Å²) in [5.74, 6) is 1.70. The summed E-state index contributed by atoms with van der Waals surface area (Å²) in [6, 6.07) is -2.73. The zero-order chi connectivity index (χ0) is 77.9. The summed E-state index contributed by atoms with van der Waals surface area (Å²) >= 11 is 9.56. The van der Waals surface area contributed by atoms with Crippen LogP contribution in [0.1, 0.15) is 195 Å². The molecule has 8 rings (SSSR count). The van der Waals surface area contributed by atoms with Crippen molar-refractivity contribution in [3.05, 3.63) is 0 Å². The number of rotatable bonds is 36. The van der Waals surface area contributed by atoms with Crippen LogP contribution in [0.2, 0.25) is 0 Å². The van der Waals surface area contributed by atoms with Crippen molar-refractivity contribution in [2.75, 3.05) is 26.4 Å². The normalized spacial score (nSPS) is 37.5. The van der Waals surface area contributed by atoms with Crippen molar-refractivity contribution in [2.24, 2.45) is 23.7 Å². The van der Waals surface area contributed by atoms with Gasteiger partial charge in [0.1, 0.15) is 67.1 Å². The van der Waals surface area contributed by atoms with Crippen molar-refractivity contribution in [3.8, 4) is 0 Å². The first-order valence-corrected chi connectivity index (χ1v) is 46.0. The van der Waals surface area contributed by atoms with Gasteiger partial charge in [0.15, 0.2) is 0 Å². The molecule has 0 spiro atoms. The number of thiol groups is 1. The molecule has 0 aromatic carbocycles. The lowest BCUT2D eigenvalue weighted by molar-refractivity contribution is -0.0606. The Morgan fingerprint density at radius 1 is 0.404 bits per heavy atom. The van der Waals surface area contributed by atoms with Crippen LogP contribution in [-0.2, 0) is 95.5 Å². The molecule has 0 aromatic heterocycles. The van der Waals surface area contributed by atoms with Crippen molar-refractivity contribution in [1.82, 2.24) is 25.9 Å². The van der Waals surface area contributed by atoms with Crippen LogP contribution in [0, 0.1) is 23.7 Å². The van der Waals surface area contributed by atoms with Gasteiger partial charge in [-0.3, -0.25) is 18.1 Å². The van der Waals surface area contributed by atoms with E-state index >= 15 is 0 Å². The SMILES string of the molecule is [B][C@H]1CC(NC(C)C)[C@@H](COP(=O)(O)NC2C[C@H]([B])O[C@@H]2CC(C)C)O1.[B][C@H]1CC(NC(C)C)[C@@H](COP(O)(=S)NC2C[C@H](C)O[C@@H]2CC(C)C)O1.[B][C@H]1CC(NP(=O)(S)OC[C@H]2O[C@@H]([B])CC2OC(C)C)[C@@H](CC(C)C)O1.[B][C@H]1CC(OC(C)C)[C@@H](COP(=O)(O)OC2C[C@H]([B])O[C@@H]2CC(C)C)O1. The van der Waals surface area contributed by atoms with Crippen molar-refractivity contribution < 1.29 is 98.4 Å². The quantitative estimate of drug-likeness (QED) is 0.0168. The number of hydrogen-bond donors (Lipinski definition) is 9. The fraction of sp³-hybridized carbons (Fsp3) is 1.00. The smallest absolute Gasteiger partial charge is 0.383 e. The Morgan fingerprint density at radius 3 is 1.15 bits per heavy atom. The minimum absolute atomic E-state index is 0.0116. The van der Waals surface area contributed by atoms with E-state index in [1.54, 1.807) is 0 Å². The standard InChI is InChI=1S/C17H34BN2O4PS.C16H31B2N2O5P.C16H30B2NO5PS.C16H29B2O7P/c1-10(2)6-15-14(7-12(5)23-15)20-25(21,26)22-9-16-13(19-11(3)4)8-17(18)24-16;1-9(2)5-13-12(7-16(18)24-13)20-26(21,22)23-8-14-11(19-10(3)4)6-15(17)25-14;1-9(2)5-12-11(6-15(17)23-12)19-25(20,26)21-8-14-13(22-10(3)4)7-16(18)24-14;1-9(2)5-11-13(7-16(18)23-11)25-26(19,20)21-8-14-12(22-10(3)4)6-15(17)24-14/h10-17,19H,6-9H2,1-5H3,(H2,20,21,26);9-16,19H,5-8H2,1-4H3,(H2,20,21,22);9-16H,5-8H2,1-4H3,(H2,19,20,26);9-16H,5-8H2,1-4H3,(H,19,20)/t12-,13?,14?,15+,16+,17+,25?;11?,12?,13-,14-,15-,16-;11?,12-,13?,14-,15-,16-,25?;11-,12?,13?,14-,15-,16-/m0111/s1. The molecule has 12 unspecified atom stereocenters. The van der Waals surface area contributed by atoms with E-state index in [-0.39, 0.29) is 148 Å². The maximum Gasteiger partial charge on any atom is 0.472 e. The van der Waals surface area contributed by atoms with Gasteiger partial charge in [0, 0.05) is 84.3 Å². The van der Waals surface area contributed by atoms with E-state index in [1.807, 2.05) is 62.3 Å². The predicted octanol–water partition coefficient (Wildman–Crippen LogP) is 7.39. The molecule has 588 valence electrons. The largest absolute Gasteiger partial charge is 0.472 e. The van der Waals surface area contributed by atoms with Crippen molar-refractivity contribution in [1.29, 1.82) is 0 Å². The molecule has 0 aromatic rings. The molecule has 26 nitrogen and oxygen atoms in total. The minimum Gasteiger partial charge on any atom is -0.383 e. The van der Waals surface area contributed by atoms with Gasteiger partial charge in [0.25, 0.3) is 6.64 Å². The van der Waals surface area contributed by atoms with Crippen LogP contribution in [0.4, 0.5) is 0 Å². The van der Waals surface area contributed by atoms with Gasteiger partial charge in [0.05, 0.1) is 99.7 Å². The molecule has 14 radical (unpaired) electrons. The summed E-state index contributed by atoms with van der Waals surface area (Å²) in [6.45, 7) is 28.4. The molecule has 8 aliphatic heterocycles. The molecular formula is C65H124B7N5O21P4S2. The average molecular weight is 1580 g/mol. The zero-order valence-electron chi connectivity index (χ0n) is 64.7. The van der Waals surface area contributed by atoms with E-state index in [0.717, 1.165) is 32.1 Å². The van der Waals surface area contributed by atoms with Crippen molar-refractivity contribution in [2.45, 2.75) is 365 Å². The van der Waals surface area contributed by atoms with Gasteiger partial charge < -0.3 is 81.7 Å². The topological polar surface area (TPSA) is 310 Å². The highest BCUT2D eigenvalue weighted by molar-refractivity contribution is 8.45. The maximum absolute atomic E-state index is 12.8. The third-order valence-corrected chi connectivity index (χ3v) is 23.8. The molecule has 8 aliphatic rings. The lowest BCUT2D eigenvalue weighted by Gasteiger charge is -2.28. The molecule has 8 saturated heterocycles. The highest BCUT2D eigenvalue weighted by Crippen LogP contribution is 2.51. The van der Waals surface area contributed by atoms with Gasteiger partial charge in [0.2, 0.25) is 0 Å². The third-order valence-electron chi connectivity index (χ3n) is 18.0. The molecule has 104 heavy (non-hydrogen) atoms. The van der Waals surface area contributed by atoms with E-state index in [2.05, 4.69) is 93.5 Å². The van der Waals surface area contributed by atoms with Crippen LogP contribution < -0.4 is 25.9 Å². The lowest BCUT2D eigenvalue weighted by Crippen LogP contribution is -2.43. The van der Waals surface area contributed by atoms with Crippen LogP contribution in [0.5, 0.6) is 0 Å². The summed E-state index contributed by atoms with van der Waals surface area (Å²) < 4.78 is 122. The van der Waals surface area contributed by atoms with Crippen LogP contribution in [0.15, 0.2) is 0 Å². The van der Waals surface area contributed by atoms with Crippen molar-refractivity contribution in [3.63, 3.8) is 0 Å². The summed E-state index contributed by atoms with van der Waals surface area (Å²) in [4.78, 5) is 31.0. The van der Waals surface area contributed by atoms with Gasteiger partial charge in [-0.15, -0.1) is 0 Å². The third kappa shape index (κ3) is 35.9. The number of ether oxygens (including phenoxy) is 10. The van der Waals surface area contributed by atoms with E-state index < -0.39 is 71.2 Å². The van der Waals surface area contributed by atoms with Gasteiger partial charge in [-0.2, -0.15) is 0 Å². The Hall–Kier alpha value is 1.22. The first kappa shape index (κ1) is 95.8. The van der Waals surface area contributed by atoms with Crippen molar-refractivity contribution >= 4 is 108 Å². The number of nitrogens with one attached hydrogen (secondary N) is 5. The van der Waals surface area contributed by atoms with E-state index in [9.17, 15) is 28.4 Å². The summed E-state index contributed by atoms with van der Waals surface area (Å²) in [7, 11) is 32.6. The van der Waals surface area contributed by atoms with Crippen LogP contribution in [0.3, 0.4) is 0 Å². The molecule has 0 aliphatic carbocycles. The molecule has 8 N–H and O–H groups in total. The average Bonchev–Trinajstić information content (AvgIpc) is 1.66. The van der Waals surface area contributed by atoms with Gasteiger partial charge in [-0.05, 0) is 147 Å². The Kier molecular flexibility index (Phi) is 41.4. The van der Waals surface area contributed by atoms with Crippen LogP contribution in [-0.4, -0.2) is 266 Å². The molecule has 28 atom stereocenters. The molecule has 0 saturated carbocycles. The van der Waals surface area contributed by atoms with Crippen LogP contribution in [0.25, 0.3) is 0 Å². The van der Waals surface area contributed by atoms with Crippen LogP contribution >= 0.6 is 41.2 Å². The molecule has 0 amide bonds. The highest BCUT2D eigenvalue weighted by atomic mass is 32.7. The fourth-order valence-corrected chi connectivity index (χ4v) is 19.5. The van der Waals surface area contributed by atoms with Gasteiger partial charge >= 0.3 is 22.3 Å². The second-order valence-corrected chi connectivity index (χ2v) is 40.9. The molecular weight excluding hydrogens is 1450 g/mol. The molecule has 0 bridgehead atoms. The second-order valence-electron chi connectivity index (χ2n) is 31.7. The Balaban J connectivity index is 0.000000249. The summed E-state index contributed by atoms with van der Waals surface area (Å²) in [5.41, 5.74) is 0. The van der Waals surface area contributed by atoms with Gasteiger partial charge in [-0.1, -0.05) is 95.3 Å². The minimum atomic E-state index is -4.29. The Labute approximate surface area is 643 Å². The maximum atomic E-state index is 12.8. The summed E-state index contributed by atoms with van der Waals surface area (Å²) in [5, 5.41) is 15.7. The van der Waals surface area contributed by atoms with Gasteiger partial charge in [-0.25, -0.2) is 24.4 Å². The van der Waals surface area contributed by atoms with E-state index in [0.29, 0.717) is 74.7 Å². The number of phosphoric ester groups is 1. The summed E-state index contributed by atoms with van der Waals surface area (Å²) in [6.07, 6.45) is 4.88. The first-order chi connectivity index (χ1) is 48.2. The molecule has 8 fully saturated rings. The highest BCUT2D eigenvalue weighted by Gasteiger charge is 2.45. The fourth-order valence-electron chi connectivity index (χ4n) is 14.0. The number of phosphoric acid groups is 1. The van der Waals surface area contributed by atoms with E-state index in [4.69, 9.17) is 137 Å². The number of hydrogen-bond acceptors (Lipinski definition) is 21. The second kappa shape index (κ2) is 44.9. The first-order valence-electron chi connectivity index (χ1n) is 37.5. The lowest BCUT2D eigenvalue weighted by atomic mass is 9.94. The Morgan fingerprint density at radius 2 is 0.731 bits per heavy atom. The zero-order valence-corrected chi connectivity index (χ0v) is 70.0. The molecule has 39 heteroatoms.